The average molecular weight is 271 g/mol. The minimum Gasteiger partial charge on any atom is -0.391 e. The molecule has 0 saturated carbocycles. The average Bonchev–Trinajstić information content (AvgIpc) is 2.70. The zero-order chi connectivity index (χ0) is 12.3. The molecule has 1 fully saturated rings. The lowest BCUT2D eigenvalue weighted by Gasteiger charge is -2.15. The van der Waals surface area contributed by atoms with E-state index < -0.39 is 0 Å². The predicted molar refractivity (Wildman–Crippen MR) is 77.2 cm³/mol. The molecule has 0 radical (unpaired) electrons. The Morgan fingerprint density at radius 2 is 2.11 bits per heavy atom. The molecule has 0 amide bonds. The Morgan fingerprint density at radius 1 is 1.33 bits per heavy atom. The molecule has 1 saturated heterocycles. The summed E-state index contributed by atoms with van der Waals surface area (Å²) in [6.07, 6.45) is -0.193. The van der Waals surface area contributed by atoms with Gasteiger partial charge in [-0.15, -0.1) is 12.4 Å². The summed E-state index contributed by atoms with van der Waals surface area (Å²) in [4.78, 5) is 0. The van der Waals surface area contributed by atoms with Crippen molar-refractivity contribution in [1.82, 2.24) is 10.6 Å². The Labute approximate surface area is 115 Å². The highest BCUT2D eigenvalue weighted by Gasteiger charge is 2.23. The molecule has 1 aliphatic heterocycles. The van der Waals surface area contributed by atoms with Gasteiger partial charge >= 0.3 is 0 Å². The smallest absolute Gasteiger partial charge is 0.0716 e. The van der Waals surface area contributed by atoms with Crippen LogP contribution in [-0.4, -0.2) is 30.8 Å². The molecule has 18 heavy (non-hydrogen) atoms. The van der Waals surface area contributed by atoms with Crippen molar-refractivity contribution in [3.63, 3.8) is 0 Å². The van der Waals surface area contributed by atoms with Gasteiger partial charge in [-0.2, -0.15) is 0 Å². The lowest BCUT2D eigenvalue weighted by molar-refractivity contribution is 0.146. The van der Waals surface area contributed by atoms with Gasteiger partial charge in [0.2, 0.25) is 0 Å². The largest absolute Gasteiger partial charge is 0.391 e. The van der Waals surface area contributed by atoms with E-state index in [1.54, 1.807) is 0 Å². The van der Waals surface area contributed by atoms with Crippen molar-refractivity contribution in [3.05, 3.63) is 34.9 Å². The Bertz CT molecular complexity index is 384. The summed E-state index contributed by atoms with van der Waals surface area (Å²) < 4.78 is 0. The van der Waals surface area contributed by atoms with Crippen LogP contribution in [0, 0.1) is 19.8 Å². The number of benzene rings is 1. The van der Waals surface area contributed by atoms with Crippen molar-refractivity contribution in [3.8, 4) is 0 Å². The van der Waals surface area contributed by atoms with Gasteiger partial charge in [-0.3, -0.25) is 0 Å². The molecular formula is C14H23ClN2O. The number of aliphatic hydroxyl groups is 1. The minimum atomic E-state index is -0.193. The van der Waals surface area contributed by atoms with Gasteiger partial charge in [0.15, 0.2) is 0 Å². The maximum Gasteiger partial charge on any atom is 0.0716 e. The Hall–Kier alpha value is -0.610. The normalized spacial score (nSPS) is 22.8. The zero-order valence-electron chi connectivity index (χ0n) is 11.1. The van der Waals surface area contributed by atoms with Gasteiger partial charge in [-0.25, -0.2) is 0 Å². The number of aliphatic hydroxyl groups excluding tert-OH is 1. The third kappa shape index (κ3) is 3.95. The van der Waals surface area contributed by atoms with Crippen molar-refractivity contribution in [2.75, 3.05) is 19.6 Å². The summed E-state index contributed by atoms with van der Waals surface area (Å²) in [5.74, 6) is 0.347. The van der Waals surface area contributed by atoms with Crippen molar-refractivity contribution >= 4 is 12.4 Å². The standard InChI is InChI=1S/C14H22N2O.ClH/c1-10-3-4-11(2)12(5-10)6-15-7-13-8-16-9-14(13)17;/h3-5,13-17H,6-9H2,1-2H3;1H. The summed E-state index contributed by atoms with van der Waals surface area (Å²) in [5, 5.41) is 16.3. The predicted octanol–water partition coefficient (Wildman–Crippen LogP) is 1.40. The summed E-state index contributed by atoms with van der Waals surface area (Å²) >= 11 is 0. The van der Waals surface area contributed by atoms with Crippen LogP contribution in [0.15, 0.2) is 18.2 Å². The second-order valence-electron chi connectivity index (χ2n) is 5.05. The second kappa shape index (κ2) is 7.10. The van der Waals surface area contributed by atoms with Crippen LogP contribution in [0.1, 0.15) is 16.7 Å². The van der Waals surface area contributed by atoms with E-state index in [4.69, 9.17) is 0 Å². The maximum atomic E-state index is 9.68. The topological polar surface area (TPSA) is 44.3 Å². The highest BCUT2D eigenvalue weighted by molar-refractivity contribution is 5.85. The van der Waals surface area contributed by atoms with Gasteiger partial charge in [-0.05, 0) is 25.0 Å². The van der Waals surface area contributed by atoms with Gasteiger partial charge in [0, 0.05) is 32.1 Å². The van der Waals surface area contributed by atoms with E-state index in [1.165, 1.54) is 16.7 Å². The molecule has 0 bridgehead atoms. The molecule has 2 atom stereocenters. The number of hydrogen-bond acceptors (Lipinski definition) is 3. The van der Waals surface area contributed by atoms with Gasteiger partial charge in [0.25, 0.3) is 0 Å². The lowest BCUT2D eigenvalue weighted by Crippen LogP contribution is -2.30. The molecule has 3 nitrogen and oxygen atoms in total. The van der Waals surface area contributed by atoms with Crippen molar-refractivity contribution in [2.45, 2.75) is 26.5 Å². The van der Waals surface area contributed by atoms with Gasteiger partial charge < -0.3 is 15.7 Å². The van der Waals surface area contributed by atoms with E-state index in [0.29, 0.717) is 5.92 Å². The summed E-state index contributed by atoms with van der Waals surface area (Å²) in [6, 6.07) is 6.54. The van der Waals surface area contributed by atoms with Crippen LogP contribution in [0.4, 0.5) is 0 Å². The first-order valence-corrected chi connectivity index (χ1v) is 6.32. The SMILES string of the molecule is Cc1ccc(C)c(CNCC2CNCC2O)c1.Cl. The van der Waals surface area contributed by atoms with E-state index in [9.17, 15) is 5.11 Å². The number of rotatable bonds is 4. The number of aryl methyl sites for hydroxylation is 2. The highest BCUT2D eigenvalue weighted by atomic mass is 35.5. The number of hydrogen-bond donors (Lipinski definition) is 3. The molecule has 0 aliphatic carbocycles. The molecule has 1 aromatic carbocycles. The molecule has 1 aliphatic rings. The molecule has 4 heteroatoms. The summed E-state index contributed by atoms with van der Waals surface area (Å²) in [5.41, 5.74) is 3.98. The van der Waals surface area contributed by atoms with Crippen LogP contribution in [0.3, 0.4) is 0 Å². The minimum absolute atomic E-state index is 0. The molecular weight excluding hydrogens is 248 g/mol. The highest BCUT2D eigenvalue weighted by Crippen LogP contribution is 2.11. The van der Waals surface area contributed by atoms with Crippen LogP contribution in [0.5, 0.6) is 0 Å². The van der Waals surface area contributed by atoms with Crippen LogP contribution in [0.2, 0.25) is 0 Å². The fraction of sp³-hybridized carbons (Fsp3) is 0.571. The molecule has 102 valence electrons. The molecule has 2 rings (SSSR count). The van der Waals surface area contributed by atoms with Gasteiger partial charge in [-0.1, -0.05) is 23.8 Å². The first kappa shape index (κ1) is 15.4. The van der Waals surface area contributed by atoms with Crippen molar-refractivity contribution in [2.24, 2.45) is 5.92 Å². The molecule has 0 aromatic heterocycles. The Balaban J connectivity index is 0.00000162. The van der Waals surface area contributed by atoms with Crippen molar-refractivity contribution < 1.29 is 5.11 Å². The van der Waals surface area contributed by atoms with Crippen LogP contribution in [-0.2, 0) is 6.54 Å². The molecule has 2 unspecified atom stereocenters. The van der Waals surface area contributed by atoms with E-state index in [2.05, 4.69) is 42.7 Å². The Kier molecular flexibility index (Phi) is 6.09. The number of nitrogens with one attached hydrogen (secondary N) is 2. The first-order valence-electron chi connectivity index (χ1n) is 6.32. The van der Waals surface area contributed by atoms with E-state index in [-0.39, 0.29) is 18.5 Å². The van der Waals surface area contributed by atoms with Crippen LogP contribution in [0.25, 0.3) is 0 Å². The summed E-state index contributed by atoms with van der Waals surface area (Å²) in [7, 11) is 0. The maximum absolute atomic E-state index is 9.68. The molecule has 3 N–H and O–H groups in total. The molecule has 1 aromatic rings. The Morgan fingerprint density at radius 3 is 2.78 bits per heavy atom. The van der Waals surface area contributed by atoms with Gasteiger partial charge in [0.05, 0.1) is 6.10 Å². The molecule has 1 heterocycles. The number of halogens is 1. The number of β-amino-alcohol motifs (C(OH)–C–C–N with tert-alkyl or cyclic N) is 1. The monoisotopic (exact) mass is 270 g/mol. The third-order valence-corrected chi connectivity index (χ3v) is 3.53. The third-order valence-electron chi connectivity index (χ3n) is 3.53. The van der Waals surface area contributed by atoms with Crippen LogP contribution >= 0.6 is 12.4 Å². The van der Waals surface area contributed by atoms with E-state index in [1.807, 2.05) is 0 Å². The van der Waals surface area contributed by atoms with Crippen molar-refractivity contribution in [1.29, 1.82) is 0 Å². The second-order valence-corrected chi connectivity index (χ2v) is 5.05. The molecule has 0 spiro atoms. The fourth-order valence-corrected chi connectivity index (χ4v) is 2.31. The van der Waals surface area contributed by atoms with Gasteiger partial charge in [0.1, 0.15) is 0 Å². The quantitative estimate of drug-likeness (QED) is 0.775. The lowest BCUT2D eigenvalue weighted by atomic mass is 10.0. The summed E-state index contributed by atoms with van der Waals surface area (Å²) in [6.45, 7) is 7.67. The van der Waals surface area contributed by atoms with E-state index in [0.717, 1.165) is 26.2 Å². The zero-order valence-corrected chi connectivity index (χ0v) is 11.9. The fourth-order valence-electron chi connectivity index (χ4n) is 2.31. The van der Waals surface area contributed by atoms with Crippen LogP contribution < -0.4 is 10.6 Å². The van der Waals surface area contributed by atoms with E-state index >= 15 is 0 Å². The first-order chi connectivity index (χ1) is 8.16.